The molecule has 19 heavy (non-hydrogen) atoms. The largest absolute Gasteiger partial charge is 0.397 e. The molecule has 2 N–H and O–H groups in total. The summed E-state index contributed by atoms with van der Waals surface area (Å²) in [7, 11) is 0. The third-order valence-electron chi connectivity index (χ3n) is 3.29. The first-order chi connectivity index (χ1) is 9.04. The standard InChI is InChI=1S/C13H17F3N2O/c14-13(15,16)11(9-17)10-3-1-2-4-12(10)18-5-7-19-8-6-18/h1-4,11H,5-9,17H2. The first-order valence-corrected chi connectivity index (χ1v) is 6.22. The third kappa shape index (κ3) is 3.19. The number of para-hydroxylation sites is 1. The Hall–Kier alpha value is -1.27. The van der Waals surface area contributed by atoms with Gasteiger partial charge < -0.3 is 15.4 Å². The second kappa shape index (κ2) is 5.79. The lowest BCUT2D eigenvalue weighted by molar-refractivity contribution is -0.148. The predicted molar refractivity (Wildman–Crippen MR) is 67.3 cm³/mol. The van der Waals surface area contributed by atoms with Crippen LogP contribution in [0, 0.1) is 0 Å². The number of hydrogen-bond acceptors (Lipinski definition) is 3. The number of nitrogens with two attached hydrogens (primary N) is 1. The van der Waals surface area contributed by atoms with Crippen molar-refractivity contribution in [1.82, 2.24) is 0 Å². The van der Waals surface area contributed by atoms with Crippen molar-refractivity contribution in [2.45, 2.75) is 12.1 Å². The molecule has 1 saturated heterocycles. The Balaban J connectivity index is 2.34. The average Bonchev–Trinajstić information content (AvgIpc) is 2.39. The fourth-order valence-corrected chi connectivity index (χ4v) is 2.31. The number of rotatable bonds is 3. The summed E-state index contributed by atoms with van der Waals surface area (Å²) in [5.41, 5.74) is 6.19. The summed E-state index contributed by atoms with van der Waals surface area (Å²) in [5, 5.41) is 0. The van der Waals surface area contributed by atoms with Gasteiger partial charge in [-0.2, -0.15) is 13.2 Å². The third-order valence-corrected chi connectivity index (χ3v) is 3.29. The molecular weight excluding hydrogens is 257 g/mol. The summed E-state index contributed by atoms with van der Waals surface area (Å²) >= 11 is 0. The van der Waals surface area contributed by atoms with E-state index in [1.807, 2.05) is 4.90 Å². The zero-order valence-electron chi connectivity index (χ0n) is 10.5. The smallest absolute Gasteiger partial charge is 0.378 e. The van der Waals surface area contributed by atoms with Crippen LogP contribution in [0.2, 0.25) is 0 Å². The Kier molecular flexibility index (Phi) is 4.31. The van der Waals surface area contributed by atoms with Crippen molar-refractivity contribution in [1.29, 1.82) is 0 Å². The molecule has 0 saturated carbocycles. The summed E-state index contributed by atoms with van der Waals surface area (Å²) in [4.78, 5) is 1.92. The predicted octanol–water partition coefficient (Wildman–Crippen LogP) is 2.13. The topological polar surface area (TPSA) is 38.5 Å². The molecule has 0 bridgehead atoms. The van der Waals surface area contributed by atoms with Gasteiger partial charge in [0.05, 0.1) is 19.1 Å². The van der Waals surface area contributed by atoms with Crippen LogP contribution in [0.3, 0.4) is 0 Å². The van der Waals surface area contributed by atoms with E-state index in [1.165, 1.54) is 6.07 Å². The summed E-state index contributed by atoms with van der Waals surface area (Å²) in [6.45, 7) is 1.84. The van der Waals surface area contributed by atoms with Crippen molar-refractivity contribution in [2.24, 2.45) is 5.73 Å². The highest BCUT2D eigenvalue weighted by Crippen LogP contribution is 2.38. The van der Waals surface area contributed by atoms with Crippen molar-refractivity contribution in [3.63, 3.8) is 0 Å². The summed E-state index contributed by atoms with van der Waals surface area (Å²) in [5.74, 6) is -1.62. The molecule has 3 nitrogen and oxygen atoms in total. The molecule has 1 aliphatic rings. The highest BCUT2D eigenvalue weighted by atomic mass is 19.4. The number of anilines is 1. The first kappa shape index (κ1) is 14.1. The molecule has 106 valence electrons. The molecule has 1 atom stereocenters. The zero-order chi connectivity index (χ0) is 13.9. The van der Waals surface area contributed by atoms with Crippen molar-refractivity contribution >= 4 is 5.69 Å². The summed E-state index contributed by atoms with van der Waals surface area (Å²) < 4.78 is 44.3. The average molecular weight is 274 g/mol. The van der Waals surface area contributed by atoms with Crippen LogP contribution >= 0.6 is 0 Å². The molecule has 0 radical (unpaired) electrons. The Morgan fingerprint density at radius 1 is 1.21 bits per heavy atom. The van der Waals surface area contributed by atoms with Crippen molar-refractivity contribution in [3.8, 4) is 0 Å². The normalized spacial score (nSPS) is 18.4. The number of alkyl halides is 3. The number of halogens is 3. The van der Waals surface area contributed by atoms with Crippen molar-refractivity contribution in [2.75, 3.05) is 37.7 Å². The maximum absolute atomic E-state index is 13.0. The number of nitrogens with zero attached hydrogens (tertiary/aromatic N) is 1. The van der Waals surface area contributed by atoms with Crippen molar-refractivity contribution < 1.29 is 17.9 Å². The minimum atomic E-state index is -4.32. The van der Waals surface area contributed by atoms with Crippen LogP contribution in [0.1, 0.15) is 11.5 Å². The second-order valence-corrected chi connectivity index (χ2v) is 4.49. The lowest BCUT2D eigenvalue weighted by atomic mass is 9.96. The molecule has 0 aromatic heterocycles. The minimum Gasteiger partial charge on any atom is -0.378 e. The molecule has 0 amide bonds. The van der Waals surface area contributed by atoms with E-state index < -0.39 is 18.6 Å². The van der Waals surface area contributed by atoms with Crippen LogP contribution in [0.5, 0.6) is 0 Å². The van der Waals surface area contributed by atoms with Gasteiger partial charge in [-0.1, -0.05) is 18.2 Å². The molecule has 6 heteroatoms. The Morgan fingerprint density at radius 3 is 2.42 bits per heavy atom. The summed E-state index contributed by atoms with van der Waals surface area (Å²) in [6.07, 6.45) is -4.32. The van der Waals surface area contributed by atoms with E-state index >= 15 is 0 Å². The number of ether oxygens (including phenoxy) is 1. The number of hydrogen-bond donors (Lipinski definition) is 1. The molecule has 1 fully saturated rings. The second-order valence-electron chi connectivity index (χ2n) is 4.49. The van der Waals surface area contributed by atoms with Gasteiger partial charge in [0.1, 0.15) is 0 Å². The van der Waals surface area contributed by atoms with Crippen molar-refractivity contribution in [3.05, 3.63) is 29.8 Å². The quantitative estimate of drug-likeness (QED) is 0.917. The van der Waals surface area contributed by atoms with Crippen LogP contribution in [-0.4, -0.2) is 39.0 Å². The highest BCUT2D eigenvalue weighted by Gasteiger charge is 2.41. The van der Waals surface area contributed by atoms with E-state index in [1.54, 1.807) is 18.2 Å². The lowest BCUT2D eigenvalue weighted by Crippen LogP contribution is -2.38. The maximum atomic E-state index is 13.0. The SMILES string of the molecule is NCC(c1ccccc1N1CCOCC1)C(F)(F)F. The number of morpholine rings is 1. The molecule has 1 heterocycles. The maximum Gasteiger partial charge on any atom is 0.397 e. The van der Waals surface area contributed by atoms with Crippen LogP contribution in [0.4, 0.5) is 18.9 Å². The number of benzene rings is 1. The Labute approximate surface area is 110 Å². The van der Waals surface area contributed by atoms with E-state index in [0.717, 1.165) is 0 Å². The first-order valence-electron chi connectivity index (χ1n) is 6.22. The van der Waals surface area contributed by atoms with Gasteiger partial charge in [-0.05, 0) is 11.6 Å². The fraction of sp³-hybridized carbons (Fsp3) is 0.538. The molecule has 0 spiro atoms. The van der Waals surface area contributed by atoms with Crippen LogP contribution < -0.4 is 10.6 Å². The van der Waals surface area contributed by atoms with Gasteiger partial charge in [-0.15, -0.1) is 0 Å². The fourth-order valence-electron chi connectivity index (χ4n) is 2.31. The van der Waals surface area contributed by atoms with Crippen LogP contribution in [0.15, 0.2) is 24.3 Å². The van der Waals surface area contributed by atoms with Gasteiger partial charge in [0, 0.05) is 25.3 Å². The van der Waals surface area contributed by atoms with E-state index in [-0.39, 0.29) is 5.56 Å². The molecule has 1 unspecified atom stereocenters. The Bertz CT molecular complexity index is 417. The zero-order valence-corrected chi connectivity index (χ0v) is 10.5. The van der Waals surface area contributed by atoms with Gasteiger partial charge in [0.15, 0.2) is 0 Å². The monoisotopic (exact) mass is 274 g/mol. The highest BCUT2D eigenvalue weighted by molar-refractivity contribution is 5.56. The van der Waals surface area contributed by atoms with E-state index in [0.29, 0.717) is 32.0 Å². The van der Waals surface area contributed by atoms with Gasteiger partial charge in [0.25, 0.3) is 0 Å². The molecule has 1 aromatic carbocycles. The summed E-state index contributed by atoms with van der Waals surface area (Å²) in [6, 6.07) is 6.59. The molecule has 0 aliphatic carbocycles. The van der Waals surface area contributed by atoms with Gasteiger partial charge in [-0.25, -0.2) is 0 Å². The van der Waals surface area contributed by atoms with Crippen LogP contribution in [-0.2, 0) is 4.74 Å². The molecule has 2 rings (SSSR count). The molecule has 1 aromatic rings. The van der Waals surface area contributed by atoms with E-state index in [2.05, 4.69) is 0 Å². The molecule has 1 aliphatic heterocycles. The minimum absolute atomic E-state index is 0.249. The van der Waals surface area contributed by atoms with Crippen LogP contribution in [0.25, 0.3) is 0 Å². The van der Waals surface area contributed by atoms with Gasteiger partial charge >= 0.3 is 6.18 Å². The lowest BCUT2D eigenvalue weighted by Gasteiger charge is -2.32. The Morgan fingerprint density at radius 2 is 1.84 bits per heavy atom. The van der Waals surface area contributed by atoms with E-state index in [9.17, 15) is 13.2 Å². The van der Waals surface area contributed by atoms with Gasteiger partial charge in [-0.3, -0.25) is 0 Å². The molecular formula is C13H17F3N2O. The van der Waals surface area contributed by atoms with Gasteiger partial charge in [0.2, 0.25) is 0 Å². The van der Waals surface area contributed by atoms with E-state index in [4.69, 9.17) is 10.5 Å².